The molecule has 120 valence electrons. The van der Waals surface area contributed by atoms with E-state index in [-0.39, 0.29) is 16.8 Å². The fourth-order valence-corrected chi connectivity index (χ4v) is 1.99. The molecule has 0 spiro atoms. The zero-order valence-corrected chi connectivity index (χ0v) is 13.4. The van der Waals surface area contributed by atoms with Crippen LogP contribution in [-0.2, 0) is 0 Å². The number of amides is 2. The average molecular weight is 331 g/mol. The van der Waals surface area contributed by atoms with Crippen LogP contribution >= 0.6 is 12.2 Å². The molecule has 23 heavy (non-hydrogen) atoms. The van der Waals surface area contributed by atoms with Gasteiger partial charge in [-0.2, -0.15) is 0 Å². The van der Waals surface area contributed by atoms with Gasteiger partial charge in [0.05, 0.1) is 6.26 Å². The van der Waals surface area contributed by atoms with Crippen LogP contribution in [0.15, 0.2) is 47.1 Å². The molecule has 3 N–H and O–H groups in total. The predicted molar refractivity (Wildman–Crippen MR) is 91.5 cm³/mol. The molecule has 0 fully saturated rings. The largest absolute Gasteiger partial charge is 0.459 e. The Morgan fingerprint density at radius 3 is 2.48 bits per heavy atom. The third kappa shape index (κ3) is 4.93. The summed E-state index contributed by atoms with van der Waals surface area (Å²) in [5, 5.41) is 8.32. The predicted octanol–water partition coefficient (Wildman–Crippen LogP) is 2.55. The highest BCUT2D eigenvalue weighted by Crippen LogP contribution is 2.10. The minimum atomic E-state index is -0.428. The first-order valence-corrected chi connectivity index (χ1v) is 7.55. The lowest BCUT2D eigenvalue weighted by atomic mass is 10.2. The molecule has 1 aromatic heterocycles. The van der Waals surface area contributed by atoms with Gasteiger partial charge in [0, 0.05) is 17.8 Å². The molecule has 0 atom stereocenters. The Kier molecular flexibility index (Phi) is 5.87. The first kappa shape index (κ1) is 16.7. The summed E-state index contributed by atoms with van der Waals surface area (Å²) in [7, 11) is 0. The molecule has 2 amide bonds. The van der Waals surface area contributed by atoms with E-state index in [0.29, 0.717) is 17.8 Å². The van der Waals surface area contributed by atoms with Crippen molar-refractivity contribution < 1.29 is 14.0 Å². The van der Waals surface area contributed by atoms with Crippen molar-refractivity contribution in [2.75, 3.05) is 11.9 Å². The lowest BCUT2D eigenvalue weighted by Crippen LogP contribution is -2.33. The molecule has 6 nitrogen and oxygen atoms in total. The minimum Gasteiger partial charge on any atom is -0.459 e. The molecule has 0 radical (unpaired) electrons. The van der Waals surface area contributed by atoms with E-state index >= 15 is 0 Å². The van der Waals surface area contributed by atoms with Crippen LogP contribution in [0.2, 0.25) is 0 Å². The first-order chi connectivity index (χ1) is 11.1. The number of nitrogens with one attached hydrogen (secondary N) is 3. The van der Waals surface area contributed by atoms with Gasteiger partial charge in [0.15, 0.2) is 10.9 Å². The number of benzene rings is 1. The maximum atomic E-state index is 11.8. The first-order valence-electron chi connectivity index (χ1n) is 7.14. The molecule has 2 aromatic rings. The normalized spacial score (nSPS) is 9.96. The maximum absolute atomic E-state index is 11.8. The van der Waals surface area contributed by atoms with Gasteiger partial charge in [-0.05, 0) is 55.0 Å². The standard InChI is InChI=1S/C16H17N3O3S/c1-2-9-17-14(20)11-5-7-12(8-6-11)18-16(23)19-15(21)13-4-3-10-22-13/h3-8,10H,2,9H2,1H3,(H,17,20)(H2,18,19,21,23). The van der Waals surface area contributed by atoms with Crippen LogP contribution < -0.4 is 16.0 Å². The fraction of sp³-hybridized carbons (Fsp3) is 0.188. The van der Waals surface area contributed by atoms with Gasteiger partial charge in [0.25, 0.3) is 11.8 Å². The summed E-state index contributed by atoms with van der Waals surface area (Å²) in [5.74, 6) is -0.368. The zero-order valence-electron chi connectivity index (χ0n) is 12.6. The third-order valence-electron chi connectivity index (χ3n) is 2.91. The van der Waals surface area contributed by atoms with Gasteiger partial charge in [-0.1, -0.05) is 6.92 Å². The molecule has 1 heterocycles. The van der Waals surface area contributed by atoms with Gasteiger partial charge in [-0.25, -0.2) is 0 Å². The summed E-state index contributed by atoms with van der Waals surface area (Å²) in [6.07, 6.45) is 2.29. The molecule has 0 unspecified atom stereocenters. The molecule has 1 aromatic carbocycles. The highest BCUT2D eigenvalue weighted by atomic mass is 32.1. The molecular weight excluding hydrogens is 314 g/mol. The van der Waals surface area contributed by atoms with E-state index in [2.05, 4.69) is 16.0 Å². The van der Waals surface area contributed by atoms with Gasteiger partial charge >= 0.3 is 0 Å². The second kappa shape index (κ2) is 8.09. The lowest BCUT2D eigenvalue weighted by Gasteiger charge is -2.09. The van der Waals surface area contributed by atoms with Gasteiger partial charge in [0.2, 0.25) is 0 Å². The summed E-state index contributed by atoms with van der Waals surface area (Å²) in [4.78, 5) is 23.6. The maximum Gasteiger partial charge on any atom is 0.293 e. The van der Waals surface area contributed by atoms with E-state index in [1.807, 2.05) is 6.92 Å². The number of rotatable bonds is 5. The Labute approximate surface area is 139 Å². The van der Waals surface area contributed by atoms with Crippen molar-refractivity contribution in [2.45, 2.75) is 13.3 Å². The van der Waals surface area contributed by atoms with Crippen LogP contribution in [0.1, 0.15) is 34.3 Å². The number of hydrogen-bond acceptors (Lipinski definition) is 4. The Bertz CT molecular complexity index is 681. The minimum absolute atomic E-state index is 0.118. The Morgan fingerprint density at radius 1 is 1.13 bits per heavy atom. The monoisotopic (exact) mass is 331 g/mol. The van der Waals surface area contributed by atoms with Crippen molar-refractivity contribution in [2.24, 2.45) is 0 Å². The molecular formula is C16H17N3O3S. The summed E-state index contributed by atoms with van der Waals surface area (Å²) < 4.78 is 4.98. The van der Waals surface area contributed by atoms with Crippen molar-refractivity contribution in [1.29, 1.82) is 0 Å². The highest BCUT2D eigenvalue weighted by molar-refractivity contribution is 7.80. The van der Waals surface area contributed by atoms with Crippen LogP contribution in [0.25, 0.3) is 0 Å². The number of carbonyl (C=O) groups excluding carboxylic acids is 2. The zero-order chi connectivity index (χ0) is 16.7. The Hall–Kier alpha value is -2.67. The molecule has 2 rings (SSSR count). The van der Waals surface area contributed by atoms with E-state index in [1.54, 1.807) is 36.4 Å². The Morgan fingerprint density at radius 2 is 1.87 bits per heavy atom. The molecule has 0 saturated carbocycles. The summed E-state index contributed by atoms with van der Waals surface area (Å²) >= 11 is 5.06. The molecule has 0 saturated heterocycles. The molecule has 7 heteroatoms. The molecule has 0 aliphatic heterocycles. The molecule has 0 aliphatic rings. The van der Waals surface area contributed by atoms with Crippen molar-refractivity contribution >= 4 is 34.8 Å². The van der Waals surface area contributed by atoms with Crippen molar-refractivity contribution in [1.82, 2.24) is 10.6 Å². The van der Waals surface area contributed by atoms with E-state index in [9.17, 15) is 9.59 Å². The summed E-state index contributed by atoms with van der Waals surface area (Å²) in [5.41, 5.74) is 1.23. The number of furan rings is 1. The lowest BCUT2D eigenvalue weighted by molar-refractivity contribution is 0.0944. The van der Waals surface area contributed by atoms with Crippen LogP contribution in [0.5, 0.6) is 0 Å². The number of hydrogen-bond donors (Lipinski definition) is 3. The van der Waals surface area contributed by atoms with Gasteiger partial charge < -0.3 is 15.1 Å². The SMILES string of the molecule is CCCNC(=O)c1ccc(NC(=S)NC(=O)c2ccco2)cc1. The second-order valence-corrected chi connectivity index (χ2v) is 5.13. The van der Waals surface area contributed by atoms with Crippen LogP contribution in [-0.4, -0.2) is 23.5 Å². The topological polar surface area (TPSA) is 83.4 Å². The van der Waals surface area contributed by atoms with Crippen LogP contribution in [0.3, 0.4) is 0 Å². The summed E-state index contributed by atoms with van der Waals surface area (Å²) in [6, 6.07) is 9.96. The van der Waals surface area contributed by atoms with Gasteiger partial charge in [0.1, 0.15) is 0 Å². The Balaban J connectivity index is 1.89. The van der Waals surface area contributed by atoms with E-state index < -0.39 is 5.91 Å². The quantitative estimate of drug-likeness (QED) is 0.733. The number of anilines is 1. The molecule has 0 bridgehead atoms. The highest BCUT2D eigenvalue weighted by Gasteiger charge is 2.10. The van der Waals surface area contributed by atoms with E-state index in [1.165, 1.54) is 6.26 Å². The van der Waals surface area contributed by atoms with E-state index in [0.717, 1.165) is 6.42 Å². The number of carbonyl (C=O) groups is 2. The average Bonchev–Trinajstić information content (AvgIpc) is 3.07. The summed E-state index contributed by atoms with van der Waals surface area (Å²) in [6.45, 7) is 2.63. The van der Waals surface area contributed by atoms with Crippen molar-refractivity contribution in [3.63, 3.8) is 0 Å². The number of thiocarbonyl (C=S) groups is 1. The fourth-order valence-electron chi connectivity index (χ4n) is 1.78. The smallest absolute Gasteiger partial charge is 0.293 e. The third-order valence-corrected chi connectivity index (χ3v) is 3.12. The van der Waals surface area contributed by atoms with E-state index in [4.69, 9.17) is 16.6 Å². The second-order valence-electron chi connectivity index (χ2n) is 4.72. The van der Waals surface area contributed by atoms with Crippen molar-refractivity contribution in [3.05, 3.63) is 54.0 Å². The van der Waals surface area contributed by atoms with Gasteiger partial charge in [-0.3, -0.25) is 14.9 Å². The van der Waals surface area contributed by atoms with Crippen LogP contribution in [0.4, 0.5) is 5.69 Å². The van der Waals surface area contributed by atoms with Crippen LogP contribution in [0, 0.1) is 0 Å². The molecule has 0 aliphatic carbocycles. The van der Waals surface area contributed by atoms with Gasteiger partial charge in [-0.15, -0.1) is 0 Å². The van der Waals surface area contributed by atoms with Crippen molar-refractivity contribution in [3.8, 4) is 0 Å².